The molecule has 2 heteroatoms. The molecule has 0 amide bonds. The monoisotopic (exact) mass is 795 g/mol. The van der Waals surface area contributed by atoms with E-state index >= 15 is 0 Å². The van der Waals surface area contributed by atoms with Crippen molar-refractivity contribution < 1.29 is 4.42 Å². The molecule has 2 aliphatic rings. The Morgan fingerprint density at radius 2 is 0.806 bits per heavy atom. The summed E-state index contributed by atoms with van der Waals surface area (Å²) in [5.74, 6) is 0. The summed E-state index contributed by atoms with van der Waals surface area (Å²) >= 11 is 0. The van der Waals surface area contributed by atoms with Gasteiger partial charge in [-0.15, -0.1) is 0 Å². The van der Waals surface area contributed by atoms with Crippen molar-refractivity contribution in [3.63, 3.8) is 0 Å². The first kappa shape index (κ1) is 36.4. The Labute approximate surface area is 363 Å². The first-order chi connectivity index (χ1) is 30.3. The highest BCUT2D eigenvalue weighted by atomic mass is 16.3. The minimum absolute atomic E-state index is 0.111. The van der Waals surface area contributed by atoms with E-state index in [4.69, 9.17) is 4.42 Å². The fourth-order valence-corrected chi connectivity index (χ4v) is 10.9. The van der Waals surface area contributed by atoms with Gasteiger partial charge in [-0.25, -0.2) is 0 Å². The van der Waals surface area contributed by atoms with Gasteiger partial charge in [0.15, 0.2) is 0 Å². The lowest BCUT2D eigenvalue weighted by Crippen LogP contribution is -2.16. The second kappa shape index (κ2) is 13.5. The first-order valence-corrected chi connectivity index (χ1v) is 21.8. The third-order valence-electron chi connectivity index (χ3n) is 13.9. The molecule has 0 spiro atoms. The molecule has 12 rings (SSSR count). The van der Waals surface area contributed by atoms with Crippen molar-refractivity contribution in [2.45, 2.75) is 38.5 Å². The molecule has 2 aliphatic carbocycles. The minimum atomic E-state index is -0.120. The molecule has 9 aromatic carbocycles. The highest BCUT2D eigenvalue weighted by Crippen LogP contribution is 2.54. The summed E-state index contributed by atoms with van der Waals surface area (Å²) in [5, 5.41) is 2.29. The number of para-hydroxylation sites is 1. The van der Waals surface area contributed by atoms with E-state index < -0.39 is 0 Å². The Hall–Kier alpha value is -7.42. The van der Waals surface area contributed by atoms with E-state index in [0.717, 1.165) is 44.6 Å². The maximum absolute atomic E-state index is 6.28. The van der Waals surface area contributed by atoms with Crippen molar-refractivity contribution in [3.8, 4) is 55.6 Å². The van der Waals surface area contributed by atoms with Crippen molar-refractivity contribution in [2.75, 3.05) is 4.90 Å². The van der Waals surface area contributed by atoms with Gasteiger partial charge in [-0.2, -0.15) is 0 Å². The Bertz CT molecular complexity index is 3400. The maximum Gasteiger partial charge on any atom is 0.136 e. The van der Waals surface area contributed by atoms with Crippen molar-refractivity contribution >= 4 is 39.0 Å². The quantitative estimate of drug-likeness (QED) is 0.167. The van der Waals surface area contributed by atoms with Gasteiger partial charge in [0, 0.05) is 38.7 Å². The number of hydrogen-bond donors (Lipinski definition) is 0. The molecule has 2 nitrogen and oxygen atoms in total. The largest absolute Gasteiger partial charge is 0.456 e. The fraction of sp³-hybridized carbons (Fsp3) is 0.100. The lowest BCUT2D eigenvalue weighted by atomic mass is 9.78. The molecule has 0 saturated heterocycles. The average molecular weight is 796 g/mol. The fourth-order valence-electron chi connectivity index (χ4n) is 10.9. The molecule has 0 bridgehead atoms. The van der Waals surface area contributed by atoms with Gasteiger partial charge in [-0.3, -0.25) is 0 Å². The number of fused-ring (bicyclic) bond motifs is 9. The number of furan rings is 1. The molecule has 1 heterocycles. The highest BCUT2D eigenvalue weighted by molar-refractivity contribution is 6.12. The molecule has 0 atom stereocenters. The van der Waals surface area contributed by atoms with Gasteiger partial charge in [-0.1, -0.05) is 179 Å². The van der Waals surface area contributed by atoms with Gasteiger partial charge in [0.1, 0.15) is 11.2 Å². The van der Waals surface area contributed by atoms with Crippen LogP contribution in [0.15, 0.2) is 205 Å². The molecule has 0 fully saturated rings. The third kappa shape index (κ3) is 5.36. The zero-order chi connectivity index (χ0) is 41.7. The summed E-state index contributed by atoms with van der Waals surface area (Å²) in [6.07, 6.45) is 0. The number of anilines is 3. The second-order valence-electron chi connectivity index (χ2n) is 18.1. The molecule has 0 N–H and O–H groups in total. The summed E-state index contributed by atoms with van der Waals surface area (Å²) in [7, 11) is 0. The molecule has 0 radical (unpaired) electrons. The summed E-state index contributed by atoms with van der Waals surface area (Å²) in [5.41, 5.74) is 23.1. The zero-order valence-corrected chi connectivity index (χ0v) is 35.4. The molecular formula is C60H45NO. The van der Waals surface area contributed by atoms with Crippen LogP contribution in [0.5, 0.6) is 0 Å². The van der Waals surface area contributed by atoms with Crippen LogP contribution < -0.4 is 4.90 Å². The van der Waals surface area contributed by atoms with Crippen LogP contribution in [-0.4, -0.2) is 0 Å². The molecule has 62 heavy (non-hydrogen) atoms. The first-order valence-electron chi connectivity index (χ1n) is 21.8. The van der Waals surface area contributed by atoms with Gasteiger partial charge in [0.25, 0.3) is 0 Å². The van der Waals surface area contributed by atoms with Gasteiger partial charge in [-0.05, 0) is 126 Å². The molecule has 10 aromatic rings. The maximum atomic E-state index is 6.28. The number of rotatable bonds is 6. The molecule has 1 aromatic heterocycles. The third-order valence-corrected chi connectivity index (χ3v) is 13.9. The molecule has 296 valence electrons. The van der Waals surface area contributed by atoms with Crippen LogP contribution in [0, 0.1) is 0 Å². The van der Waals surface area contributed by atoms with Crippen LogP contribution in [0.4, 0.5) is 17.1 Å². The zero-order valence-electron chi connectivity index (χ0n) is 35.4. The highest BCUT2D eigenvalue weighted by Gasteiger charge is 2.38. The van der Waals surface area contributed by atoms with E-state index in [-0.39, 0.29) is 10.8 Å². The predicted octanol–water partition coefficient (Wildman–Crippen LogP) is 16.7. The Balaban J connectivity index is 0.972. The van der Waals surface area contributed by atoms with Gasteiger partial charge in [0.05, 0.1) is 0 Å². The van der Waals surface area contributed by atoms with Crippen molar-refractivity contribution in [1.29, 1.82) is 0 Å². The molecule has 0 aliphatic heterocycles. The molecule has 0 saturated carbocycles. The number of hydrogen-bond acceptors (Lipinski definition) is 2. The van der Waals surface area contributed by atoms with Gasteiger partial charge in [0.2, 0.25) is 0 Å². The second-order valence-corrected chi connectivity index (χ2v) is 18.1. The van der Waals surface area contributed by atoms with Gasteiger partial charge >= 0.3 is 0 Å². The normalized spacial score (nSPS) is 14.1. The standard InChI is InChI=1S/C60H45NO/c1-59(2)52-23-10-7-17-46(52)48-36-35-42(37-54(48)59)61(41-33-29-39(30-34-41)44-20-14-26-56-57(44)51-19-9-12-25-55(51)62-56)40-31-27-38(28-32-40)43-15-5-6-16-45(43)49-21-13-22-50-47-18-8-11-24-53(47)60(3,4)58(49)50/h5-37H,1-4H3. The average Bonchev–Trinajstić information content (AvgIpc) is 3.89. The van der Waals surface area contributed by atoms with E-state index in [0.29, 0.717) is 0 Å². The summed E-state index contributed by atoms with van der Waals surface area (Å²) in [6.45, 7) is 9.46. The SMILES string of the molecule is CC1(C)c2ccccc2-c2ccc(N(c3ccc(-c4ccccc4-c4cccc5c4C(C)(C)c4ccccc4-5)cc3)c3ccc(-c4cccc5oc6ccccc6c45)cc3)cc21. The van der Waals surface area contributed by atoms with E-state index in [9.17, 15) is 0 Å². The Kier molecular flexibility index (Phi) is 7.96. The van der Waals surface area contributed by atoms with E-state index in [1.807, 2.05) is 12.1 Å². The molecule has 0 unspecified atom stereocenters. The van der Waals surface area contributed by atoms with Gasteiger partial charge < -0.3 is 9.32 Å². The van der Waals surface area contributed by atoms with Crippen LogP contribution in [0.25, 0.3) is 77.6 Å². The van der Waals surface area contributed by atoms with E-state index in [2.05, 4.69) is 221 Å². The predicted molar refractivity (Wildman–Crippen MR) is 260 cm³/mol. The molecular weight excluding hydrogens is 751 g/mol. The van der Waals surface area contributed by atoms with Crippen LogP contribution in [-0.2, 0) is 10.8 Å². The Morgan fingerprint density at radius 1 is 0.339 bits per heavy atom. The lowest BCUT2D eigenvalue weighted by molar-refractivity contribution is 0.660. The Morgan fingerprint density at radius 3 is 1.52 bits per heavy atom. The van der Waals surface area contributed by atoms with Crippen LogP contribution in [0.3, 0.4) is 0 Å². The van der Waals surface area contributed by atoms with E-state index in [1.54, 1.807) is 0 Å². The lowest BCUT2D eigenvalue weighted by Gasteiger charge is -2.28. The summed E-state index contributed by atoms with van der Waals surface area (Å²) in [4.78, 5) is 2.41. The smallest absolute Gasteiger partial charge is 0.136 e. The minimum Gasteiger partial charge on any atom is -0.456 e. The number of nitrogens with zero attached hydrogens (tertiary/aromatic N) is 1. The van der Waals surface area contributed by atoms with Crippen molar-refractivity contribution in [1.82, 2.24) is 0 Å². The summed E-state index contributed by atoms with van der Waals surface area (Å²) in [6, 6.07) is 73.5. The van der Waals surface area contributed by atoms with Crippen LogP contribution in [0.1, 0.15) is 49.9 Å². The van der Waals surface area contributed by atoms with E-state index in [1.165, 1.54) is 72.3 Å². The summed E-state index contributed by atoms with van der Waals surface area (Å²) < 4.78 is 6.28. The van der Waals surface area contributed by atoms with Crippen molar-refractivity contribution in [3.05, 3.63) is 222 Å². The van der Waals surface area contributed by atoms with Crippen molar-refractivity contribution in [2.24, 2.45) is 0 Å². The topological polar surface area (TPSA) is 16.4 Å². The van der Waals surface area contributed by atoms with Crippen LogP contribution >= 0.6 is 0 Å². The van der Waals surface area contributed by atoms with Crippen LogP contribution in [0.2, 0.25) is 0 Å². The number of benzene rings is 9.